The van der Waals surface area contributed by atoms with Gasteiger partial charge in [-0.25, -0.2) is 4.98 Å². The van der Waals surface area contributed by atoms with Crippen LogP contribution in [0.3, 0.4) is 0 Å². The van der Waals surface area contributed by atoms with Crippen molar-refractivity contribution in [1.82, 2.24) is 14.9 Å². The highest BCUT2D eigenvalue weighted by atomic mass is 32.1. The minimum atomic E-state index is 0.403. The van der Waals surface area contributed by atoms with Crippen LogP contribution in [-0.4, -0.2) is 16.1 Å². The second-order valence-electron chi connectivity index (χ2n) is 5.44. The molecule has 1 atom stereocenters. The van der Waals surface area contributed by atoms with Gasteiger partial charge in [0.2, 0.25) is 0 Å². The van der Waals surface area contributed by atoms with E-state index in [0.29, 0.717) is 6.04 Å². The number of fused-ring (bicyclic) bond motifs is 1. The summed E-state index contributed by atoms with van der Waals surface area (Å²) in [5.41, 5.74) is 3.68. The summed E-state index contributed by atoms with van der Waals surface area (Å²) in [5.74, 6) is 1.08. The van der Waals surface area contributed by atoms with Crippen LogP contribution >= 0.6 is 11.3 Å². The molecular weight excluding hydrogens is 278 g/mol. The van der Waals surface area contributed by atoms with Crippen molar-refractivity contribution in [2.75, 3.05) is 6.54 Å². The average Bonchev–Trinajstić information content (AvgIpc) is 3.03. The maximum Gasteiger partial charge on any atom is 0.106 e. The molecule has 0 bridgehead atoms. The lowest BCUT2D eigenvalue weighted by Gasteiger charge is -2.14. The second kappa shape index (κ2) is 6.00. The van der Waals surface area contributed by atoms with Crippen molar-refractivity contribution in [3.63, 3.8) is 0 Å². The Morgan fingerprint density at radius 3 is 2.81 bits per heavy atom. The molecule has 0 radical (unpaired) electrons. The van der Waals surface area contributed by atoms with Gasteiger partial charge >= 0.3 is 0 Å². The van der Waals surface area contributed by atoms with Gasteiger partial charge in [0.25, 0.3) is 0 Å². The molecule has 1 N–H and O–H groups in total. The monoisotopic (exact) mass is 299 g/mol. The van der Waals surface area contributed by atoms with E-state index in [4.69, 9.17) is 0 Å². The molecular formula is C17H21N3S. The molecule has 3 nitrogen and oxygen atoms in total. The van der Waals surface area contributed by atoms with Gasteiger partial charge in [-0.15, -0.1) is 11.3 Å². The fourth-order valence-electron chi connectivity index (χ4n) is 2.79. The third-order valence-electron chi connectivity index (χ3n) is 3.93. The highest BCUT2D eigenvalue weighted by molar-refractivity contribution is 7.10. The first-order chi connectivity index (χ1) is 10.2. The molecule has 0 aliphatic rings. The Bertz CT molecular complexity index is 741. The molecule has 0 fully saturated rings. The Hall–Kier alpha value is -1.65. The number of thiophene rings is 1. The molecule has 0 aliphatic carbocycles. The minimum absolute atomic E-state index is 0.403. The first kappa shape index (κ1) is 14.3. The Morgan fingerprint density at radius 1 is 1.24 bits per heavy atom. The van der Waals surface area contributed by atoms with Crippen LogP contribution in [0, 0.1) is 13.8 Å². The zero-order valence-electron chi connectivity index (χ0n) is 12.8. The summed E-state index contributed by atoms with van der Waals surface area (Å²) >= 11 is 1.83. The molecule has 4 heteroatoms. The molecule has 0 aliphatic heterocycles. The number of benzene rings is 1. The molecule has 0 saturated carbocycles. The van der Waals surface area contributed by atoms with Crippen molar-refractivity contribution < 1.29 is 0 Å². The lowest BCUT2D eigenvalue weighted by atomic mass is 10.2. The molecule has 1 unspecified atom stereocenters. The van der Waals surface area contributed by atoms with Crippen LogP contribution in [0.4, 0.5) is 0 Å². The summed E-state index contributed by atoms with van der Waals surface area (Å²) in [7, 11) is 0. The molecule has 2 heterocycles. The van der Waals surface area contributed by atoms with Gasteiger partial charge in [0.05, 0.1) is 11.0 Å². The molecule has 0 spiro atoms. The summed E-state index contributed by atoms with van der Waals surface area (Å²) in [6, 6.07) is 10.9. The Kier molecular flexibility index (Phi) is 4.08. The van der Waals surface area contributed by atoms with E-state index < -0.39 is 0 Å². The number of rotatable bonds is 5. The summed E-state index contributed by atoms with van der Waals surface area (Å²) in [6.45, 7) is 8.38. The zero-order valence-corrected chi connectivity index (χ0v) is 13.6. The second-order valence-corrected chi connectivity index (χ2v) is 6.39. The fourth-order valence-corrected chi connectivity index (χ4v) is 3.75. The maximum absolute atomic E-state index is 4.61. The summed E-state index contributed by atoms with van der Waals surface area (Å²) in [6.07, 6.45) is 0. The van der Waals surface area contributed by atoms with Crippen molar-refractivity contribution in [1.29, 1.82) is 0 Å². The first-order valence-electron chi connectivity index (χ1n) is 7.36. The Balaban J connectivity index is 1.67. The Morgan fingerprint density at radius 2 is 2.05 bits per heavy atom. The number of aromatic nitrogens is 2. The fraction of sp³-hybridized carbons (Fsp3) is 0.353. The van der Waals surface area contributed by atoms with Crippen LogP contribution in [0.1, 0.15) is 29.2 Å². The maximum atomic E-state index is 4.61. The lowest BCUT2D eigenvalue weighted by Crippen LogP contribution is -2.23. The van der Waals surface area contributed by atoms with Gasteiger partial charge in [0, 0.05) is 24.0 Å². The molecule has 110 valence electrons. The van der Waals surface area contributed by atoms with Crippen LogP contribution in [0.2, 0.25) is 0 Å². The molecule has 0 saturated heterocycles. The van der Waals surface area contributed by atoms with Gasteiger partial charge in [0.15, 0.2) is 0 Å². The van der Waals surface area contributed by atoms with E-state index in [0.717, 1.165) is 24.4 Å². The highest BCUT2D eigenvalue weighted by Gasteiger charge is 2.10. The van der Waals surface area contributed by atoms with Gasteiger partial charge in [-0.05, 0) is 49.9 Å². The average molecular weight is 299 g/mol. The van der Waals surface area contributed by atoms with E-state index in [2.05, 4.69) is 65.3 Å². The van der Waals surface area contributed by atoms with Gasteiger partial charge in [0.1, 0.15) is 5.82 Å². The third-order valence-corrected chi connectivity index (χ3v) is 5.13. The van der Waals surface area contributed by atoms with Crippen LogP contribution in [-0.2, 0) is 6.54 Å². The first-order valence-corrected chi connectivity index (χ1v) is 8.24. The normalized spacial score (nSPS) is 12.9. The quantitative estimate of drug-likeness (QED) is 0.770. The largest absolute Gasteiger partial charge is 0.327 e. The third kappa shape index (κ3) is 2.87. The zero-order chi connectivity index (χ0) is 14.8. The SMILES string of the molecule is Cc1ccsc1C(C)NCCn1c(C)nc2ccccc21. The number of nitrogens with zero attached hydrogens (tertiary/aromatic N) is 2. The van der Waals surface area contributed by atoms with Crippen molar-refractivity contribution in [2.45, 2.75) is 33.4 Å². The smallest absolute Gasteiger partial charge is 0.106 e. The number of imidazole rings is 1. The predicted molar refractivity (Wildman–Crippen MR) is 89.9 cm³/mol. The molecule has 2 aromatic heterocycles. The standard InChI is InChI=1S/C17H21N3S/c1-12-8-11-21-17(12)13(2)18-9-10-20-14(3)19-15-6-4-5-7-16(15)20/h4-8,11,13,18H,9-10H2,1-3H3. The van der Waals surface area contributed by atoms with Gasteiger partial charge in [-0.3, -0.25) is 0 Å². The van der Waals surface area contributed by atoms with E-state index >= 15 is 0 Å². The van der Waals surface area contributed by atoms with Crippen molar-refractivity contribution >= 4 is 22.4 Å². The van der Waals surface area contributed by atoms with Gasteiger partial charge in [-0.2, -0.15) is 0 Å². The topological polar surface area (TPSA) is 29.9 Å². The van der Waals surface area contributed by atoms with Crippen molar-refractivity contribution in [3.05, 3.63) is 52.0 Å². The Labute approximate surface area is 129 Å². The summed E-state index contributed by atoms with van der Waals surface area (Å²) < 4.78 is 2.29. The van der Waals surface area contributed by atoms with Crippen LogP contribution < -0.4 is 5.32 Å². The number of para-hydroxylation sites is 2. The number of aryl methyl sites for hydroxylation is 2. The number of nitrogens with one attached hydrogen (secondary N) is 1. The highest BCUT2D eigenvalue weighted by Crippen LogP contribution is 2.23. The van der Waals surface area contributed by atoms with Crippen LogP contribution in [0.15, 0.2) is 35.7 Å². The van der Waals surface area contributed by atoms with E-state index in [1.54, 1.807) is 0 Å². The molecule has 3 aromatic rings. The molecule has 1 aromatic carbocycles. The van der Waals surface area contributed by atoms with Gasteiger partial charge in [-0.1, -0.05) is 12.1 Å². The number of hydrogen-bond donors (Lipinski definition) is 1. The summed E-state index contributed by atoms with van der Waals surface area (Å²) in [4.78, 5) is 6.04. The predicted octanol–water partition coefficient (Wildman–Crippen LogP) is 4.07. The minimum Gasteiger partial charge on any atom is -0.327 e. The van der Waals surface area contributed by atoms with Crippen LogP contribution in [0.5, 0.6) is 0 Å². The molecule has 0 amide bonds. The lowest BCUT2D eigenvalue weighted by molar-refractivity contribution is 0.535. The molecule has 21 heavy (non-hydrogen) atoms. The summed E-state index contributed by atoms with van der Waals surface area (Å²) in [5, 5.41) is 5.78. The van der Waals surface area contributed by atoms with E-state index in [1.807, 2.05) is 17.4 Å². The van der Waals surface area contributed by atoms with Gasteiger partial charge < -0.3 is 9.88 Å². The van der Waals surface area contributed by atoms with E-state index in [-0.39, 0.29) is 0 Å². The van der Waals surface area contributed by atoms with E-state index in [9.17, 15) is 0 Å². The van der Waals surface area contributed by atoms with Crippen molar-refractivity contribution in [3.8, 4) is 0 Å². The van der Waals surface area contributed by atoms with Crippen LogP contribution in [0.25, 0.3) is 11.0 Å². The van der Waals surface area contributed by atoms with Crippen molar-refractivity contribution in [2.24, 2.45) is 0 Å². The number of hydrogen-bond acceptors (Lipinski definition) is 3. The molecule has 3 rings (SSSR count). The van der Waals surface area contributed by atoms with E-state index in [1.165, 1.54) is 16.0 Å².